The van der Waals surface area contributed by atoms with Crippen molar-refractivity contribution in [3.8, 4) is 0 Å². The Morgan fingerprint density at radius 2 is 2.21 bits per heavy atom. The molecule has 0 aliphatic carbocycles. The molecule has 1 fully saturated rings. The minimum atomic E-state index is -3.41. The van der Waals surface area contributed by atoms with Gasteiger partial charge in [-0.05, 0) is 44.6 Å². The van der Waals surface area contributed by atoms with Crippen molar-refractivity contribution in [3.05, 3.63) is 28.7 Å². The molecule has 0 amide bonds. The first-order chi connectivity index (χ1) is 8.99. The molecule has 4 nitrogen and oxygen atoms in total. The number of rotatable bonds is 4. The van der Waals surface area contributed by atoms with Gasteiger partial charge in [-0.25, -0.2) is 13.1 Å². The van der Waals surface area contributed by atoms with Gasteiger partial charge in [0, 0.05) is 17.1 Å². The highest BCUT2D eigenvalue weighted by Crippen LogP contribution is 2.17. The molecule has 6 heteroatoms. The number of benzene rings is 1. The number of nitrogens with one attached hydrogen (secondary N) is 1. The summed E-state index contributed by atoms with van der Waals surface area (Å²) in [4.78, 5) is 2.53. The zero-order valence-corrected chi connectivity index (χ0v) is 13.4. The van der Waals surface area contributed by atoms with E-state index in [1.807, 2.05) is 6.07 Å². The van der Waals surface area contributed by atoms with Crippen molar-refractivity contribution >= 4 is 26.0 Å². The van der Waals surface area contributed by atoms with Crippen molar-refractivity contribution in [3.63, 3.8) is 0 Å². The summed E-state index contributed by atoms with van der Waals surface area (Å²) in [6.07, 6.45) is 3.43. The monoisotopic (exact) mass is 346 g/mol. The van der Waals surface area contributed by atoms with E-state index in [1.54, 1.807) is 18.2 Å². The lowest BCUT2D eigenvalue weighted by molar-refractivity contribution is 0.187. The van der Waals surface area contributed by atoms with Crippen LogP contribution in [0.3, 0.4) is 0 Å². The van der Waals surface area contributed by atoms with Crippen molar-refractivity contribution in [1.29, 1.82) is 0 Å². The molecule has 1 aliphatic heterocycles. The van der Waals surface area contributed by atoms with E-state index in [9.17, 15) is 8.42 Å². The third kappa shape index (κ3) is 4.02. The quantitative estimate of drug-likeness (QED) is 0.909. The lowest BCUT2D eigenvalue weighted by Crippen LogP contribution is -2.44. The average molecular weight is 347 g/mol. The summed E-state index contributed by atoms with van der Waals surface area (Å²) in [5, 5.41) is 0. The van der Waals surface area contributed by atoms with Crippen LogP contribution >= 0.6 is 15.9 Å². The van der Waals surface area contributed by atoms with Gasteiger partial charge in [0.15, 0.2) is 0 Å². The third-order valence-electron chi connectivity index (χ3n) is 3.54. The number of hydrogen-bond acceptors (Lipinski definition) is 3. The molecule has 19 heavy (non-hydrogen) atoms. The second-order valence-corrected chi connectivity index (χ2v) is 7.62. The number of likely N-dealkylation sites (tertiary alicyclic amines) is 1. The molecule has 1 saturated heterocycles. The zero-order chi connectivity index (χ0) is 13.9. The highest BCUT2D eigenvalue weighted by molar-refractivity contribution is 9.10. The minimum absolute atomic E-state index is 0.302. The standard InChI is InChI=1S/C13H19BrN2O2S/c1-16-8-3-2-6-12(16)10-15-19(17,18)13-7-4-5-11(14)9-13/h4-5,7,9,12,15H,2-3,6,8,10H2,1H3. The van der Waals surface area contributed by atoms with Crippen LogP contribution in [0, 0.1) is 0 Å². The third-order valence-corrected chi connectivity index (χ3v) is 5.45. The Hall–Kier alpha value is -0.430. The molecule has 0 radical (unpaired) electrons. The van der Waals surface area contributed by atoms with Gasteiger partial charge in [-0.15, -0.1) is 0 Å². The summed E-state index contributed by atoms with van der Waals surface area (Å²) in [7, 11) is -1.36. The van der Waals surface area contributed by atoms with Gasteiger partial charge in [-0.3, -0.25) is 0 Å². The van der Waals surface area contributed by atoms with Crippen molar-refractivity contribution in [2.75, 3.05) is 20.1 Å². The van der Waals surface area contributed by atoms with Crippen LogP contribution < -0.4 is 4.72 Å². The smallest absolute Gasteiger partial charge is 0.240 e. The van der Waals surface area contributed by atoms with Crippen molar-refractivity contribution in [2.45, 2.75) is 30.2 Å². The van der Waals surface area contributed by atoms with E-state index in [1.165, 1.54) is 12.8 Å². The molecule has 1 atom stereocenters. The molecule has 1 aromatic rings. The molecular formula is C13H19BrN2O2S. The van der Waals surface area contributed by atoms with E-state index in [-0.39, 0.29) is 0 Å². The van der Waals surface area contributed by atoms with E-state index in [4.69, 9.17) is 0 Å². The first kappa shape index (κ1) is 15.0. The predicted molar refractivity (Wildman–Crippen MR) is 79.6 cm³/mol. The molecule has 0 bridgehead atoms. The van der Waals surface area contributed by atoms with Gasteiger partial charge in [-0.2, -0.15) is 0 Å². The van der Waals surface area contributed by atoms with Crippen molar-refractivity contribution in [2.24, 2.45) is 0 Å². The van der Waals surface area contributed by atoms with Gasteiger partial charge in [-0.1, -0.05) is 28.4 Å². The van der Waals surface area contributed by atoms with Gasteiger partial charge in [0.05, 0.1) is 4.90 Å². The number of nitrogens with zero attached hydrogens (tertiary/aromatic N) is 1. The Morgan fingerprint density at radius 3 is 2.89 bits per heavy atom. The summed E-state index contributed by atoms with van der Waals surface area (Å²) in [6.45, 7) is 1.52. The first-order valence-electron chi connectivity index (χ1n) is 6.44. The molecule has 1 unspecified atom stereocenters. The number of likely N-dealkylation sites (N-methyl/N-ethyl adjacent to an activating group) is 1. The molecule has 1 aromatic carbocycles. The van der Waals surface area contributed by atoms with Crippen LogP contribution in [-0.2, 0) is 10.0 Å². The summed E-state index contributed by atoms with van der Waals surface area (Å²) in [5.74, 6) is 0. The molecular weight excluding hydrogens is 328 g/mol. The topological polar surface area (TPSA) is 49.4 Å². The van der Waals surface area contributed by atoms with E-state index >= 15 is 0 Å². The molecule has 1 heterocycles. The molecule has 2 rings (SSSR count). The van der Waals surface area contributed by atoms with Gasteiger partial charge < -0.3 is 4.90 Å². The largest absolute Gasteiger partial charge is 0.302 e. The number of piperidine rings is 1. The molecule has 1 N–H and O–H groups in total. The SMILES string of the molecule is CN1CCCCC1CNS(=O)(=O)c1cccc(Br)c1. The number of halogens is 1. The van der Waals surface area contributed by atoms with E-state index in [2.05, 4.69) is 32.6 Å². The van der Waals surface area contributed by atoms with Crippen LogP contribution in [-0.4, -0.2) is 39.5 Å². The van der Waals surface area contributed by atoms with Crippen molar-refractivity contribution in [1.82, 2.24) is 9.62 Å². The fourth-order valence-corrected chi connectivity index (χ4v) is 3.99. The normalized spacial score (nSPS) is 21.5. The van der Waals surface area contributed by atoms with Gasteiger partial charge >= 0.3 is 0 Å². The van der Waals surface area contributed by atoms with E-state index in [0.29, 0.717) is 17.5 Å². The maximum Gasteiger partial charge on any atom is 0.240 e. The second kappa shape index (κ2) is 6.35. The van der Waals surface area contributed by atoms with Crippen LogP contribution in [0.5, 0.6) is 0 Å². The lowest BCUT2D eigenvalue weighted by Gasteiger charge is -2.32. The van der Waals surface area contributed by atoms with Crippen molar-refractivity contribution < 1.29 is 8.42 Å². The Balaban J connectivity index is 2.01. The van der Waals surface area contributed by atoms with Gasteiger partial charge in [0.25, 0.3) is 0 Å². The van der Waals surface area contributed by atoms with Crippen LogP contribution in [0.2, 0.25) is 0 Å². The summed E-state index contributed by atoms with van der Waals surface area (Å²) >= 11 is 3.29. The Kier molecular flexibility index (Phi) is 5.00. The van der Waals surface area contributed by atoms with E-state index < -0.39 is 10.0 Å². The van der Waals surface area contributed by atoms with Gasteiger partial charge in [0.2, 0.25) is 10.0 Å². The Morgan fingerprint density at radius 1 is 1.42 bits per heavy atom. The fourth-order valence-electron chi connectivity index (χ4n) is 2.33. The Labute approximate surface area is 123 Å². The van der Waals surface area contributed by atoms with Crippen LogP contribution in [0.4, 0.5) is 0 Å². The number of hydrogen-bond donors (Lipinski definition) is 1. The summed E-state index contributed by atoms with van der Waals surface area (Å²) in [6, 6.07) is 7.07. The lowest BCUT2D eigenvalue weighted by atomic mass is 10.0. The first-order valence-corrected chi connectivity index (χ1v) is 8.72. The molecule has 106 valence electrons. The van der Waals surface area contributed by atoms with Crippen LogP contribution in [0.1, 0.15) is 19.3 Å². The predicted octanol–water partition coefficient (Wildman–Crippen LogP) is 2.21. The summed E-state index contributed by atoms with van der Waals surface area (Å²) < 4.78 is 27.8. The highest BCUT2D eigenvalue weighted by Gasteiger charge is 2.22. The molecule has 1 aliphatic rings. The number of sulfonamides is 1. The summed E-state index contributed by atoms with van der Waals surface area (Å²) in [5.41, 5.74) is 0. The Bertz CT molecular complexity index is 533. The fraction of sp³-hybridized carbons (Fsp3) is 0.538. The minimum Gasteiger partial charge on any atom is -0.302 e. The van der Waals surface area contributed by atoms with Gasteiger partial charge in [0.1, 0.15) is 0 Å². The molecule has 0 saturated carbocycles. The second-order valence-electron chi connectivity index (χ2n) is 4.94. The highest BCUT2D eigenvalue weighted by atomic mass is 79.9. The maximum atomic E-state index is 12.2. The van der Waals surface area contributed by atoms with E-state index in [0.717, 1.165) is 17.4 Å². The van der Waals surface area contributed by atoms with Crippen LogP contribution in [0.15, 0.2) is 33.6 Å². The molecule has 0 aromatic heterocycles. The van der Waals surface area contributed by atoms with Crippen LogP contribution in [0.25, 0.3) is 0 Å². The average Bonchev–Trinajstić information content (AvgIpc) is 2.38. The molecule has 0 spiro atoms. The zero-order valence-electron chi connectivity index (χ0n) is 11.0. The maximum absolute atomic E-state index is 12.2.